The van der Waals surface area contributed by atoms with Crippen LogP contribution in [0.2, 0.25) is 0 Å². The van der Waals surface area contributed by atoms with Crippen molar-refractivity contribution in [3.8, 4) is 0 Å². The number of carbonyl (C=O) groups is 2. The molecule has 0 N–H and O–H groups in total. The van der Waals surface area contributed by atoms with Gasteiger partial charge in [0, 0.05) is 20.2 Å². The molecule has 2 aromatic rings. The van der Waals surface area contributed by atoms with Crippen LogP contribution in [0.5, 0.6) is 0 Å². The molecule has 2 amide bonds. The topological polar surface area (TPSA) is 63.0 Å². The van der Waals surface area contributed by atoms with E-state index < -0.39 is 0 Å². The highest BCUT2D eigenvalue weighted by Gasteiger charge is 2.21. The highest BCUT2D eigenvalue weighted by molar-refractivity contribution is 5.85. The molecule has 1 aromatic heterocycles. The fourth-order valence-electron chi connectivity index (χ4n) is 2.52. The Morgan fingerprint density at radius 2 is 1.85 bits per heavy atom. The first kappa shape index (κ1) is 19.5. The molecular formula is C20H24N2O4. The molecule has 26 heavy (non-hydrogen) atoms. The van der Waals surface area contributed by atoms with Crippen molar-refractivity contribution >= 4 is 11.8 Å². The van der Waals surface area contributed by atoms with Crippen LogP contribution in [-0.4, -0.2) is 48.4 Å². The first-order chi connectivity index (χ1) is 12.6. The number of methoxy groups -OCH3 is 1. The number of amides is 2. The molecule has 1 heterocycles. The number of ether oxygens (including phenoxy) is 1. The Balaban J connectivity index is 2.12. The summed E-state index contributed by atoms with van der Waals surface area (Å²) in [4.78, 5) is 28.1. The maximum Gasteiger partial charge on any atom is 0.249 e. The number of hydrogen-bond acceptors (Lipinski definition) is 4. The lowest BCUT2D eigenvalue weighted by Gasteiger charge is -2.26. The van der Waals surface area contributed by atoms with Crippen LogP contribution in [0, 0.1) is 0 Å². The van der Waals surface area contributed by atoms with E-state index in [-0.39, 0.29) is 31.5 Å². The van der Waals surface area contributed by atoms with Crippen molar-refractivity contribution in [3.05, 3.63) is 72.7 Å². The van der Waals surface area contributed by atoms with Crippen LogP contribution in [0.15, 0.2) is 65.8 Å². The van der Waals surface area contributed by atoms with Crippen molar-refractivity contribution in [2.45, 2.75) is 13.1 Å². The minimum Gasteiger partial charge on any atom is -0.467 e. The summed E-state index contributed by atoms with van der Waals surface area (Å²) in [7, 11) is 1.45. The van der Waals surface area contributed by atoms with Crippen molar-refractivity contribution in [2.24, 2.45) is 0 Å². The van der Waals surface area contributed by atoms with Crippen molar-refractivity contribution < 1.29 is 18.7 Å². The van der Waals surface area contributed by atoms with E-state index in [0.717, 1.165) is 5.56 Å². The molecular weight excluding hydrogens is 332 g/mol. The predicted octanol–water partition coefficient (Wildman–Crippen LogP) is 2.47. The average molecular weight is 356 g/mol. The van der Waals surface area contributed by atoms with Crippen molar-refractivity contribution in [1.29, 1.82) is 0 Å². The number of furan rings is 1. The Hall–Kier alpha value is -2.86. The summed E-state index contributed by atoms with van der Waals surface area (Å²) >= 11 is 0. The van der Waals surface area contributed by atoms with E-state index in [0.29, 0.717) is 18.8 Å². The Kier molecular flexibility index (Phi) is 7.64. The Labute approximate surface area is 153 Å². The molecule has 0 aliphatic carbocycles. The highest BCUT2D eigenvalue weighted by Crippen LogP contribution is 2.11. The van der Waals surface area contributed by atoms with Gasteiger partial charge in [0.2, 0.25) is 11.8 Å². The largest absolute Gasteiger partial charge is 0.467 e. The second kappa shape index (κ2) is 10.2. The van der Waals surface area contributed by atoms with Gasteiger partial charge >= 0.3 is 0 Å². The van der Waals surface area contributed by atoms with E-state index in [1.54, 1.807) is 23.3 Å². The second-order valence-electron chi connectivity index (χ2n) is 5.81. The Morgan fingerprint density at radius 3 is 2.46 bits per heavy atom. The average Bonchev–Trinajstić information content (AvgIpc) is 3.15. The number of nitrogens with zero attached hydrogens (tertiary/aromatic N) is 2. The summed E-state index contributed by atoms with van der Waals surface area (Å²) in [6.07, 6.45) is 3.17. The molecule has 0 unspecified atom stereocenters. The quantitative estimate of drug-likeness (QED) is 0.614. The van der Waals surface area contributed by atoms with Gasteiger partial charge in [0.1, 0.15) is 18.9 Å². The molecule has 0 aliphatic rings. The maximum atomic E-state index is 12.9. The maximum absolute atomic E-state index is 12.9. The lowest BCUT2D eigenvalue weighted by Crippen LogP contribution is -2.43. The molecule has 2 rings (SSSR count). The lowest BCUT2D eigenvalue weighted by molar-refractivity contribution is -0.142. The first-order valence-corrected chi connectivity index (χ1v) is 8.35. The van der Waals surface area contributed by atoms with Gasteiger partial charge in [-0.2, -0.15) is 0 Å². The van der Waals surface area contributed by atoms with Gasteiger partial charge in [-0.3, -0.25) is 9.59 Å². The minimum absolute atomic E-state index is 0.0399. The summed E-state index contributed by atoms with van der Waals surface area (Å²) < 4.78 is 10.3. The third-order valence-corrected chi connectivity index (χ3v) is 3.79. The second-order valence-corrected chi connectivity index (χ2v) is 5.81. The van der Waals surface area contributed by atoms with Gasteiger partial charge < -0.3 is 19.0 Å². The third kappa shape index (κ3) is 5.89. The molecule has 1 aromatic carbocycles. The normalized spacial score (nSPS) is 10.3. The van der Waals surface area contributed by atoms with Crippen LogP contribution < -0.4 is 0 Å². The molecule has 0 saturated heterocycles. The standard InChI is InChI=1S/C20H24N2O4/c1-3-11-21(20(24)16-25-2)15-19(23)22(14-18-10-7-12-26-18)13-17-8-5-4-6-9-17/h3-10,12H,1,11,13-16H2,2H3. The molecule has 0 radical (unpaired) electrons. The van der Waals surface area contributed by atoms with Gasteiger partial charge in [0.25, 0.3) is 0 Å². The van der Waals surface area contributed by atoms with Crippen LogP contribution in [0.1, 0.15) is 11.3 Å². The van der Waals surface area contributed by atoms with Gasteiger partial charge in [0.15, 0.2) is 0 Å². The number of hydrogen-bond donors (Lipinski definition) is 0. The van der Waals surface area contributed by atoms with Crippen LogP contribution >= 0.6 is 0 Å². The molecule has 138 valence electrons. The third-order valence-electron chi connectivity index (χ3n) is 3.79. The van der Waals surface area contributed by atoms with E-state index in [1.165, 1.54) is 12.0 Å². The van der Waals surface area contributed by atoms with E-state index in [2.05, 4.69) is 6.58 Å². The molecule has 0 bridgehead atoms. The molecule has 0 fully saturated rings. The minimum atomic E-state index is -0.251. The Morgan fingerprint density at radius 1 is 1.08 bits per heavy atom. The summed E-state index contributed by atoms with van der Waals surface area (Å²) in [5.74, 6) is 0.266. The van der Waals surface area contributed by atoms with E-state index in [1.807, 2.05) is 36.4 Å². The molecule has 6 heteroatoms. The van der Waals surface area contributed by atoms with E-state index >= 15 is 0 Å². The van der Waals surface area contributed by atoms with Crippen LogP contribution in [0.4, 0.5) is 0 Å². The predicted molar refractivity (Wildman–Crippen MR) is 98.1 cm³/mol. The van der Waals surface area contributed by atoms with E-state index in [4.69, 9.17) is 9.15 Å². The van der Waals surface area contributed by atoms with Gasteiger partial charge in [-0.05, 0) is 17.7 Å². The van der Waals surface area contributed by atoms with Crippen LogP contribution in [0.3, 0.4) is 0 Å². The van der Waals surface area contributed by atoms with Gasteiger partial charge in [-0.1, -0.05) is 36.4 Å². The van der Waals surface area contributed by atoms with Crippen LogP contribution in [-0.2, 0) is 27.4 Å². The zero-order valence-electron chi connectivity index (χ0n) is 15.0. The van der Waals surface area contributed by atoms with Gasteiger partial charge in [-0.15, -0.1) is 6.58 Å². The summed E-state index contributed by atoms with van der Waals surface area (Å²) in [6.45, 7) is 4.59. The van der Waals surface area contributed by atoms with Crippen molar-refractivity contribution in [2.75, 3.05) is 26.8 Å². The van der Waals surface area contributed by atoms with Crippen molar-refractivity contribution in [1.82, 2.24) is 9.80 Å². The Bertz CT molecular complexity index is 698. The molecule has 0 saturated carbocycles. The van der Waals surface area contributed by atoms with E-state index in [9.17, 15) is 9.59 Å². The summed E-state index contributed by atoms with van der Waals surface area (Å²) in [6, 6.07) is 13.3. The van der Waals surface area contributed by atoms with Crippen molar-refractivity contribution in [3.63, 3.8) is 0 Å². The fraction of sp³-hybridized carbons (Fsp3) is 0.300. The SMILES string of the molecule is C=CCN(CC(=O)N(Cc1ccccc1)Cc1ccco1)C(=O)COC. The molecule has 6 nitrogen and oxygen atoms in total. The van der Waals surface area contributed by atoms with Crippen LogP contribution in [0.25, 0.3) is 0 Å². The highest BCUT2D eigenvalue weighted by atomic mass is 16.5. The number of benzene rings is 1. The lowest BCUT2D eigenvalue weighted by atomic mass is 10.2. The zero-order valence-corrected chi connectivity index (χ0v) is 15.0. The number of carbonyl (C=O) groups excluding carboxylic acids is 2. The summed E-state index contributed by atoms with van der Waals surface area (Å²) in [5, 5.41) is 0. The fourth-order valence-corrected chi connectivity index (χ4v) is 2.52. The molecule has 0 spiro atoms. The number of rotatable bonds is 10. The molecule has 0 atom stereocenters. The van der Waals surface area contributed by atoms with Gasteiger partial charge in [0.05, 0.1) is 12.8 Å². The smallest absolute Gasteiger partial charge is 0.249 e. The monoisotopic (exact) mass is 356 g/mol. The first-order valence-electron chi connectivity index (χ1n) is 8.35. The van der Waals surface area contributed by atoms with Gasteiger partial charge in [-0.25, -0.2) is 0 Å². The molecule has 0 aliphatic heterocycles. The zero-order chi connectivity index (χ0) is 18.8. The summed E-state index contributed by atoms with van der Waals surface area (Å²) in [5.41, 5.74) is 1.01.